The van der Waals surface area contributed by atoms with Crippen molar-refractivity contribution in [2.75, 3.05) is 25.1 Å². The molecule has 1 aliphatic rings. The Morgan fingerprint density at radius 2 is 2.28 bits per heavy atom. The van der Waals surface area contributed by atoms with Crippen molar-refractivity contribution in [2.45, 2.75) is 12.8 Å². The fourth-order valence-electron chi connectivity index (χ4n) is 3.27. The van der Waals surface area contributed by atoms with Crippen molar-refractivity contribution < 1.29 is 14.3 Å². The molecule has 0 aliphatic carbocycles. The van der Waals surface area contributed by atoms with Gasteiger partial charge in [0.1, 0.15) is 5.75 Å². The zero-order valence-electron chi connectivity index (χ0n) is 15.9. The van der Waals surface area contributed by atoms with E-state index in [-0.39, 0.29) is 24.2 Å². The summed E-state index contributed by atoms with van der Waals surface area (Å²) in [5.74, 6) is 0.165. The summed E-state index contributed by atoms with van der Waals surface area (Å²) in [4.78, 5) is 31.1. The number of anilines is 1. The molecule has 1 unspecified atom stereocenters. The number of aromatic nitrogens is 3. The number of benzene rings is 1. The Bertz CT molecular complexity index is 1000. The fraction of sp³-hybridized carbons (Fsp3) is 0.300. The van der Waals surface area contributed by atoms with Gasteiger partial charge in [0.2, 0.25) is 16.9 Å². The number of nitrogens with one attached hydrogen (secondary N) is 1. The number of hydrogen-bond donors (Lipinski definition) is 1. The van der Waals surface area contributed by atoms with Gasteiger partial charge in [0.15, 0.2) is 0 Å². The summed E-state index contributed by atoms with van der Waals surface area (Å²) in [6, 6.07) is 9.15. The number of rotatable bonds is 7. The maximum atomic E-state index is 12.5. The van der Waals surface area contributed by atoms with Gasteiger partial charge in [-0.15, -0.1) is 11.3 Å². The number of ether oxygens (including phenoxy) is 1. The van der Waals surface area contributed by atoms with E-state index >= 15 is 0 Å². The topological polar surface area (TPSA) is 89.3 Å². The number of nitrogens with zero attached hydrogens (tertiary/aromatic N) is 4. The molecule has 1 N–H and O–H groups in total. The maximum Gasteiger partial charge on any atom is 0.227 e. The molecule has 0 bridgehead atoms. The van der Waals surface area contributed by atoms with Gasteiger partial charge in [0.25, 0.3) is 0 Å². The Morgan fingerprint density at radius 1 is 1.38 bits per heavy atom. The van der Waals surface area contributed by atoms with Crippen molar-refractivity contribution in [3.8, 4) is 10.9 Å². The van der Waals surface area contributed by atoms with Gasteiger partial charge >= 0.3 is 0 Å². The third kappa shape index (κ3) is 4.29. The smallest absolute Gasteiger partial charge is 0.227 e. The van der Waals surface area contributed by atoms with E-state index in [1.807, 2.05) is 35.8 Å². The number of carbonyl (C=O) groups is 2. The molecular formula is C20H21N5O3S. The average Bonchev–Trinajstić information content (AvgIpc) is 3.48. The number of carbonyl (C=O) groups excluding carboxylic acids is 2. The molecule has 9 heteroatoms. The van der Waals surface area contributed by atoms with Crippen LogP contribution in [0.3, 0.4) is 0 Å². The molecule has 3 heterocycles. The summed E-state index contributed by atoms with van der Waals surface area (Å²) in [6.45, 7) is 0.850. The van der Waals surface area contributed by atoms with E-state index in [4.69, 9.17) is 4.74 Å². The van der Waals surface area contributed by atoms with Crippen LogP contribution in [0.25, 0.3) is 5.13 Å². The molecule has 1 atom stereocenters. The van der Waals surface area contributed by atoms with Crippen LogP contribution >= 0.6 is 11.3 Å². The second-order valence-corrected chi connectivity index (χ2v) is 7.56. The maximum absolute atomic E-state index is 12.5. The molecule has 1 saturated heterocycles. The lowest BCUT2D eigenvalue weighted by Crippen LogP contribution is -2.34. The lowest BCUT2D eigenvalue weighted by atomic mass is 10.1. The molecular weight excluding hydrogens is 390 g/mol. The van der Waals surface area contributed by atoms with E-state index in [0.29, 0.717) is 25.3 Å². The highest BCUT2D eigenvalue weighted by molar-refractivity contribution is 7.12. The first-order valence-electron chi connectivity index (χ1n) is 9.30. The fourth-order valence-corrected chi connectivity index (χ4v) is 4.07. The number of methoxy groups -OCH3 is 1. The van der Waals surface area contributed by atoms with E-state index in [1.165, 1.54) is 11.3 Å². The highest BCUT2D eigenvalue weighted by Crippen LogP contribution is 2.28. The van der Waals surface area contributed by atoms with Crippen molar-refractivity contribution >= 4 is 28.8 Å². The van der Waals surface area contributed by atoms with E-state index in [9.17, 15) is 9.59 Å². The van der Waals surface area contributed by atoms with Gasteiger partial charge in [-0.3, -0.25) is 9.59 Å². The normalized spacial score (nSPS) is 16.2. The Hall–Kier alpha value is -3.20. The SMILES string of the molecule is COc1cccc(N2CC(C(=O)NCCc3csc(-n4cccn4)n3)CC2=O)c1. The Morgan fingerprint density at radius 3 is 3.07 bits per heavy atom. The highest BCUT2D eigenvalue weighted by Gasteiger charge is 2.35. The zero-order chi connectivity index (χ0) is 20.2. The molecule has 2 aromatic heterocycles. The minimum Gasteiger partial charge on any atom is -0.497 e. The standard InChI is InChI=1S/C20H21N5O3S/c1-28-17-5-2-4-16(11-17)24-12-14(10-18(24)26)19(27)21-8-6-15-13-29-20(23-15)25-9-3-7-22-25/h2-5,7,9,11,13-14H,6,8,10,12H2,1H3,(H,21,27). The van der Waals surface area contributed by atoms with Gasteiger partial charge in [-0.2, -0.15) is 5.10 Å². The van der Waals surface area contributed by atoms with E-state index in [2.05, 4.69) is 15.4 Å². The minimum atomic E-state index is -0.358. The van der Waals surface area contributed by atoms with Crippen molar-refractivity contribution in [2.24, 2.45) is 5.92 Å². The summed E-state index contributed by atoms with van der Waals surface area (Å²) in [5, 5.41) is 9.86. The summed E-state index contributed by atoms with van der Waals surface area (Å²) < 4.78 is 6.93. The first-order valence-corrected chi connectivity index (χ1v) is 10.2. The molecule has 2 amide bonds. The quantitative estimate of drug-likeness (QED) is 0.643. The average molecular weight is 411 g/mol. The van der Waals surface area contributed by atoms with Gasteiger partial charge in [-0.1, -0.05) is 6.07 Å². The molecule has 0 radical (unpaired) electrons. The first-order chi connectivity index (χ1) is 14.1. The van der Waals surface area contributed by atoms with Gasteiger partial charge in [0, 0.05) is 55.5 Å². The van der Waals surface area contributed by atoms with Crippen LogP contribution in [-0.4, -0.2) is 46.8 Å². The zero-order valence-corrected chi connectivity index (χ0v) is 16.8. The predicted octanol–water partition coefficient (Wildman–Crippen LogP) is 2.05. The van der Waals surface area contributed by atoms with Crippen molar-refractivity contribution in [1.29, 1.82) is 0 Å². The first kappa shape index (κ1) is 19.1. The largest absolute Gasteiger partial charge is 0.497 e. The summed E-state index contributed by atoms with van der Waals surface area (Å²) >= 11 is 1.51. The second-order valence-electron chi connectivity index (χ2n) is 6.72. The lowest BCUT2D eigenvalue weighted by molar-refractivity contribution is -0.126. The van der Waals surface area contributed by atoms with E-state index in [0.717, 1.165) is 16.5 Å². The van der Waals surface area contributed by atoms with Crippen LogP contribution in [0.2, 0.25) is 0 Å². The Balaban J connectivity index is 1.29. The molecule has 0 spiro atoms. The summed E-state index contributed by atoms with van der Waals surface area (Å²) in [6.07, 6.45) is 4.39. The van der Waals surface area contributed by atoms with Crippen molar-refractivity contribution in [3.63, 3.8) is 0 Å². The number of hydrogen-bond acceptors (Lipinski definition) is 6. The van der Waals surface area contributed by atoms with Crippen LogP contribution in [0.5, 0.6) is 5.75 Å². The molecule has 0 saturated carbocycles. The van der Waals surface area contributed by atoms with Crippen LogP contribution in [0.15, 0.2) is 48.1 Å². The van der Waals surface area contributed by atoms with Crippen LogP contribution < -0.4 is 15.0 Å². The van der Waals surface area contributed by atoms with Crippen LogP contribution in [0, 0.1) is 5.92 Å². The van der Waals surface area contributed by atoms with E-state index in [1.54, 1.807) is 29.0 Å². The molecule has 1 aromatic carbocycles. The molecule has 1 aliphatic heterocycles. The summed E-state index contributed by atoms with van der Waals surface area (Å²) in [7, 11) is 1.58. The lowest BCUT2D eigenvalue weighted by Gasteiger charge is -2.17. The van der Waals surface area contributed by atoms with Crippen LogP contribution in [0.1, 0.15) is 12.1 Å². The van der Waals surface area contributed by atoms with E-state index < -0.39 is 0 Å². The minimum absolute atomic E-state index is 0.0539. The van der Waals surface area contributed by atoms with Gasteiger partial charge in [-0.25, -0.2) is 9.67 Å². The Kier molecular flexibility index (Phi) is 5.57. The van der Waals surface area contributed by atoms with Crippen molar-refractivity contribution in [1.82, 2.24) is 20.1 Å². The van der Waals surface area contributed by atoms with Gasteiger partial charge in [-0.05, 0) is 18.2 Å². The molecule has 150 valence electrons. The third-order valence-electron chi connectivity index (χ3n) is 4.78. The monoisotopic (exact) mass is 411 g/mol. The molecule has 29 heavy (non-hydrogen) atoms. The summed E-state index contributed by atoms with van der Waals surface area (Å²) in [5.41, 5.74) is 1.65. The second kappa shape index (κ2) is 8.44. The van der Waals surface area contributed by atoms with Gasteiger partial charge < -0.3 is 15.0 Å². The highest BCUT2D eigenvalue weighted by atomic mass is 32.1. The number of thiazole rings is 1. The molecule has 4 rings (SSSR count). The molecule has 1 fully saturated rings. The number of amides is 2. The molecule has 3 aromatic rings. The predicted molar refractivity (Wildman–Crippen MR) is 109 cm³/mol. The van der Waals surface area contributed by atoms with Gasteiger partial charge in [0.05, 0.1) is 18.7 Å². The Labute approximate surface area is 172 Å². The van der Waals surface area contributed by atoms with Crippen molar-refractivity contribution in [3.05, 3.63) is 53.8 Å². The molecule has 8 nitrogen and oxygen atoms in total. The van der Waals surface area contributed by atoms with Crippen LogP contribution in [-0.2, 0) is 16.0 Å². The van der Waals surface area contributed by atoms with Crippen LogP contribution in [0.4, 0.5) is 5.69 Å². The third-order valence-corrected chi connectivity index (χ3v) is 5.66.